The van der Waals surface area contributed by atoms with Crippen LogP contribution in [0.2, 0.25) is 0 Å². The number of hydrogen-bond donors (Lipinski definition) is 2. The molecule has 1 amide bonds. The summed E-state index contributed by atoms with van der Waals surface area (Å²) >= 11 is 0. The van der Waals surface area contributed by atoms with Crippen LogP contribution in [0.15, 0.2) is 0 Å². The van der Waals surface area contributed by atoms with E-state index in [1.165, 1.54) is 0 Å². The van der Waals surface area contributed by atoms with Crippen LogP contribution in [0.5, 0.6) is 0 Å². The van der Waals surface area contributed by atoms with E-state index < -0.39 is 0 Å². The molecule has 0 unspecified atom stereocenters. The van der Waals surface area contributed by atoms with Gasteiger partial charge in [0, 0.05) is 0 Å². The van der Waals surface area contributed by atoms with Crippen molar-refractivity contribution in [3.05, 3.63) is 0 Å². The van der Waals surface area contributed by atoms with E-state index in [0.29, 0.717) is 0 Å². The summed E-state index contributed by atoms with van der Waals surface area (Å²) in [4.78, 5) is 12.5. The first-order valence-electron chi connectivity index (χ1n) is 3.44. The molecule has 0 saturated carbocycles. The summed E-state index contributed by atoms with van der Waals surface area (Å²) in [5.41, 5.74) is 0. The Hall–Kier alpha value is -0.450. The molecule has 0 atom stereocenters. The molecule has 1 rings (SSSR count). The summed E-state index contributed by atoms with van der Waals surface area (Å²) in [6.07, 6.45) is 0. The number of carbonyl (C=O) groups excluding carboxylic acids is 1. The normalized spacial score (nSPS) is 20.9. The van der Waals surface area contributed by atoms with E-state index in [1.807, 2.05) is 0 Å². The van der Waals surface area contributed by atoms with Gasteiger partial charge in [-0.3, -0.25) is 0 Å². The Morgan fingerprint density at radius 3 is 2.60 bits per heavy atom. The molecular formula is C6H12N2O2+. The van der Waals surface area contributed by atoms with Crippen molar-refractivity contribution in [1.82, 2.24) is 10.2 Å². The van der Waals surface area contributed by atoms with E-state index >= 15 is 0 Å². The monoisotopic (exact) mass is 144 g/mol. The molecule has 4 nitrogen and oxygen atoms in total. The van der Waals surface area contributed by atoms with Crippen molar-refractivity contribution in [2.24, 2.45) is 0 Å². The average Bonchev–Trinajstić information content (AvgIpc) is 2.05. The van der Waals surface area contributed by atoms with Gasteiger partial charge in [-0.1, -0.05) is 4.90 Å². The van der Waals surface area contributed by atoms with Gasteiger partial charge in [-0.2, -0.15) is 0 Å². The van der Waals surface area contributed by atoms with Gasteiger partial charge < -0.3 is 10.4 Å². The third-order valence-electron chi connectivity index (χ3n) is 1.60. The van der Waals surface area contributed by atoms with E-state index in [-0.39, 0.29) is 12.5 Å². The van der Waals surface area contributed by atoms with Crippen LogP contribution in [0.25, 0.3) is 0 Å². The van der Waals surface area contributed by atoms with E-state index in [2.05, 4.69) is 5.32 Å². The smallest absolute Gasteiger partial charge is 0.382 e. The minimum absolute atomic E-state index is 0.165. The number of piperazine rings is 1. The Kier molecular flexibility index (Phi) is 2.80. The fourth-order valence-electron chi connectivity index (χ4n) is 1.01. The van der Waals surface area contributed by atoms with Crippen LogP contribution in [0.3, 0.4) is 0 Å². The third kappa shape index (κ3) is 1.76. The molecule has 1 aliphatic rings. The van der Waals surface area contributed by atoms with Crippen LogP contribution < -0.4 is 10.2 Å². The predicted molar refractivity (Wildman–Crippen MR) is 36.8 cm³/mol. The van der Waals surface area contributed by atoms with Gasteiger partial charge in [-0.15, -0.1) is 0 Å². The molecule has 1 heterocycles. The largest absolute Gasteiger partial charge is 0.386 e. The molecular weight excluding hydrogens is 132 g/mol. The lowest BCUT2D eigenvalue weighted by Gasteiger charge is -2.14. The lowest BCUT2D eigenvalue weighted by Crippen LogP contribution is -2.51. The Labute approximate surface area is 59.8 Å². The van der Waals surface area contributed by atoms with Gasteiger partial charge in [0.2, 0.25) is 0 Å². The van der Waals surface area contributed by atoms with Gasteiger partial charge in [0.25, 0.3) is 0 Å². The van der Waals surface area contributed by atoms with Gasteiger partial charge in [0.05, 0.1) is 13.1 Å². The number of carbonyl (C=O) groups is 1. The van der Waals surface area contributed by atoms with Crippen LogP contribution in [-0.4, -0.2) is 43.8 Å². The molecule has 10 heavy (non-hydrogen) atoms. The standard InChI is InChI=1S/C6H12N2O2/c9-5-6(10)8-3-1-7-2-4-8/h7,9H,1-5H2/q+1. The van der Waals surface area contributed by atoms with Crippen LogP contribution in [0.1, 0.15) is 0 Å². The van der Waals surface area contributed by atoms with Crippen molar-refractivity contribution < 1.29 is 9.90 Å². The highest BCUT2D eigenvalue weighted by atomic mass is 16.3. The molecule has 0 aliphatic carbocycles. The maximum Gasteiger partial charge on any atom is 0.386 e. The third-order valence-corrected chi connectivity index (χ3v) is 1.60. The Morgan fingerprint density at radius 2 is 2.10 bits per heavy atom. The zero-order valence-corrected chi connectivity index (χ0v) is 5.84. The number of nitrogens with one attached hydrogen (secondary N) is 1. The minimum atomic E-state index is -0.361. The highest BCUT2D eigenvalue weighted by Crippen LogP contribution is 1.87. The van der Waals surface area contributed by atoms with E-state index in [0.717, 1.165) is 26.2 Å². The minimum Gasteiger partial charge on any atom is -0.382 e. The van der Waals surface area contributed by atoms with E-state index in [4.69, 9.17) is 5.11 Å². The number of amides is 1. The molecule has 57 valence electrons. The predicted octanol–water partition coefficient (Wildman–Crippen LogP) is -1.75. The lowest BCUT2D eigenvalue weighted by molar-refractivity contribution is -0.128. The Morgan fingerprint density at radius 1 is 1.50 bits per heavy atom. The molecule has 1 saturated heterocycles. The van der Waals surface area contributed by atoms with Gasteiger partial charge in [-0.25, -0.2) is 4.79 Å². The number of rotatable bonds is 1. The summed E-state index contributed by atoms with van der Waals surface area (Å²) in [5.74, 6) is -0.165. The van der Waals surface area contributed by atoms with Gasteiger partial charge in [0.1, 0.15) is 13.1 Å². The lowest BCUT2D eigenvalue weighted by atomic mass is 10.3. The van der Waals surface area contributed by atoms with Crippen molar-refractivity contribution >= 4 is 5.91 Å². The van der Waals surface area contributed by atoms with Crippen LogP contribution in [-0.2, 0) is 4.79 Å². The molecule has 0 spiro atoms. The van der Waals surface area contributed by atoms with Crippen molar-refractivity contribution in [2.45, 2.75) is 0 Å². The van der Waals surface area contributed by atoms with Gasteiger partial charge >= 0.3 is 5.91 Å². The van der Waals surface area contributed by atoms with E-state index in [1.54, 1.807) is 4.90 Å². The molecule has 0 aromatic heterocycles. The molecule has 4 heteroatoms. The van der Waals surface area contributed by atoms with Crippen molar-refractivity contribution in [2.75, 3.05) is 32.8 Å². The number of hydrogen-bond acceptors (Lipinski definition) is 3. The summed E-state index contributed by atoms with van der Waals surface area (Å²) in [6.45, 7) is 2.76. The molecule has 1 fully saturated rings. The molecule has 0 aromatic rings. The fraction of sp³-hybridized carbons (Fsp3) is 0.833. The average molecular weight is 144 g/mol. The second-order valence-corrected chi connectivity index (χ2v) is 2.29. The van der Waals surface area contributed by atoms with Crippen LogP contribution >= 0.6 is 0 Å². The quantitative estimate of drug-likeness (QED) is 0.429. The highest BCUT2D eigenvalue weighted by Gasteiger charge is 2.26. The SMILES string of the molecule is O=C(CO)[N+]1CCNCC1. The number of aliphatic hydroxyl groups is 1. The van der Waals surface area contributed by atoms with Crippen LogP contribution in [0.4, 0.5) is 0 Å². The highest BCUT2D eigenvalue weighted by molar-refractivity contribution is 5.79. The first-order chi connectivity index (χ1) is 4.84. The molecule has 1 radical (unpaired) electrons. The number of aliphatic hydroxyl groups excluding tert-OH is 1. The molecule has 0 aromatic carbocycles. The summed E-state index contributed by atoms with van der Waals surface area (Å²) in [6, 6.07) is 0. The first kappa shape index (κ1) is 7.65. The second-order valence-electron chi connectivity index (χ2n) is 2.29. The van der Waals surface area contributed by atoms with Crippen molar-refractivity contribution in [3.63, 3.8) is 0 Å². The zero-order chi connectivity index (χ0) is 7.40. The van der Waals surface area contributed by atoms with Crippen molar-refractivity contribution in [1.29, 1.82) is 0 Å². The van der Waals surface area contributed by atoms with Crippen LogP contribution in [0, 0.1) is 0 Å². The molecule has 0 bridgehead atoms. The molecule has 2 N–H and O–H groups in total. The topological polar surface area (TPSA) is 55.2 Å². The van der Waals surface area contributed by atoms with Gasteiger partial charge in [0.15, 0.2) is 6.61 Å². The molecule has 1 aliphatic heterocycles. The first-order valence-corrected chi connectivity index (χ1v) is 3.44. The maximum absolute atomic E-state index is 10.8. The summed E-state index contributed by atoms with van der Waals surface area (Å²) in [7, 11) is 0. The van der Waals surface area contributed by atoms with Crippen molar-refractivity contribution in [3.8, 4) is 0 Å². The van der Waals surface area contributed by atoms with Gasteiger partial charge in [-0.05, 0) is 0 Å². The fourth-order valence-corrected chi connectivity index (χ4v) is 1.01. The summed E-state index contributed by atoms with van der Waals surface area (Å²) in [5, 5.41) is 11.6. The Bertz CT molecular complexity index is 121. The van der Waals surface area contributed by atoms with E-state index in [9.17, 15) is 4.79 Å². The maximum atomic E-state index is 10.8. The number of nitrogens with zero attached hydrogens (tertiary/aromatic N) is 1. The Balaban J connectivity index is 2.31. The summed E-state index contributed by atoms with van der Waals surface area (Å²) < 4.78 is 0. The zero-order valence-electron chi connectivity index (χ0n) is 5.84. The second kappa shape index (κ2) is 3.65.